The molecule has 0 fully saturated rings. The number of aromatic nitrogens is 1. The number of hydrogen-bond donors (Lipinski definition) is 1. The Labute approximate surface area is 95.1 Å². The van der Waals surface area contributed by atoms with E-state index in [1.54, 1.807) is 18.3 Å². The monoisotopic (exact) mass is 214 g/mol. The van der Waals surface area contributed by atoms with E-state index < -0.39 is 0 Å². The first-order chi connectivity index (χ1) is 7.59. The maximum absolute atomic E-state index is 9.47. The molecule has 1 aromatic heterocycles. The van der Waals surface area contributed by atoms with Gasteiger partial charge in [0.05, 0.1) is 5.69 Å². The summed E-state index contributed by atoms with van der Waals surface area (Å²) in [6, 6.07) is 1.94. The predicted octanol–water partition coefficient (Wildman–Crippen LogP) is 3.07. The van der Waals surface area contributed by atoms with Crippen molar-refractivity contribution in [1.29, 1.82) is 0 Å². The van der Waals surface area contributed by atoms with E-state index >= 15 is 0 Å². The molecule has 16 heavy (non-hydrogen) atoms. The quantitative estimate of drug-likeness (QED) is 0.780. The number of aryl methyl sites for hydroxylation is 1. The average molecular weight is 214 g/mol. The summed E-state index contributed by atoms with van der Waals surface area (Å²) in [5, 5.41) is 9.47. The molecule has 0 spiro atoms. The van der Waals surface area contributed by atoms with Crippen LogP contribution in [0, 0.1) is 6.92 Å². The number of rotatable bonds is 1. The second kappa shape index (κ2) is 3.85. The standard InChI is InChI=1S/C13H14N2O/c1-9-8-14-5-4-13(9)15-10(2)6-12(16)7-11(15)3/h4-8,16H,2H2,1,3H3. The molecule has 0 saturated carbocycles. The Morgan fingerprint density at radius 3 is 2.69 bits per heavy atom. The van der Waals surface area contributed by atoms with Crippen molar-refractivity contribution in [3.05, 3.63) is 59.9 Å². The van der Waals surface area contributed by atoms with Crippen molar-refractivity contribution in [1.82, 2.24) is 4.98 Å². The first-order valence-corrected chi connectivity index (χ1v) is 5.08. The van der Waals surface area contributed by atoms with Gasteiger partial charge in [0.2, 0.25) is 0 Å². The molecule has 0 aliphatic carbocycles. The van der Waals surface area contributed by atoms with Gasteiger partial charge in [-0.25, -0.2) is 0 Å². The van der Waals surface area contributed by atoms with Crippen LogP contribution in [0.25, 0.3) is 0 Å². The zero-order valence-electron chi connectivity index (χ0n) is 9.44. The minimum Gasteiger partial charge on any atom is -0.508 e. The largest absolute Gasteiger partial charge is 0.508 e. The molecule has 0 atom stereocenters. The molecular formula is C13H14N2O. The summed E-state index contributed by atoms with van der Waals surface area (Å²) >= 11 is 0. The fourth-order valence-electron chi connectivity index (χ4n) is 1.84. The summed E-state index contributed by atoms with van der Waals surface area (Å²) in [5.74, 6) is 0.241. The number of pyridine rings is 1. The maximum atomic E-state index is 9.47. The van der Waals surface area contributed by atoms with Crippen LogP contribution in [0.4, 0.5) is 5.69 Å². The molecule has 3 nitrogen and oxygen atoms in total. The van der Waals surface area contributed by atoms with Gasteiger partial charge in [0.15, 0.2) is 0 Å². The van der Waals surface area contributed by atoms with Crippen LogP contribution < -0.4 is 4.90 Å². The number of allylic oxidation sites excluding steroid dienone is 3. The number of anilines is 1. The summed E-state index contributed by atoms with van der Waals surface area (Å²) in [6.07, 6.45) is 6.93. The highest BCUT2D eigenvalue weighted by Crippen LogP contribution is 2.30. The van der Waals surface area contributed by atoms with Gasteiger partial charge in [-0.15, -0.1) is 0 Å². The Hall–Kier alpha value is -2.03. The van der Waals surface area contributed by atoms with Crippen molar-refractivity contribution in [3.8, 4) is 0 Å². The Balaban J connectivity index is 2.48. The third kappa shape index (κ3) is 1.72. The van der Waals surface area contributed by atoms with Gasteiger partial charge in [0.1, 0.15) is 5.76 Å². The molecule has 1 aliphatic rings. The van der Waals surface area contributed by atoms with Crippen molar-refractivity contribution >= 4 is 5.69 Å². The van der Waals surface area contributed by atoms with Crippen LogP contribution >= 0.6 is 0 Å². The fraction of sp³-hybridized carbons (Fsp3) is 0.154. The van der Waals surface area contributed by atoms with Gasteiger partial charge < -0.3 is 10.0 Å². The van der Waals surface area contributed by atoms with Gasteiger partial charge in [-0.1, -0.05) is 6.58 Å². The summed E-state index contributed by atoms with van der Waals surface area (Å²) in [6.45, 7) is 7.88. The molecule has 1 N–H and O–H groups in total. The summed E-state index contributed by atoms with van der Waals surface area (Å²) in [5.41, 5.74) is 3.81. The topological polar surface area (TPSA) is 36.4 Å². The van der Waals surface area contributed by atoms with Gasteiger partial charge in [-0.2, -0.15) is 0 Å². The van der Waals surface area contributed by atoms with E-state index in [1.807, 2.05) is 31.0 Å². The van der Waals surface area contributed by atoms with Crippen LogP contribution in [0.15, 0.2) is 54.3 Å². The highest BCUT2D eigenvalue weighted by molar-refractivity contribution is 5.65. The Morgan fingerprint density at radius 1 is 1.31 bits per heavy atom. The minimum atomic E-state index is 0.241. The van der Waals surface area contributed by atoms with E-state index in [-0.39, 0.29) is 5.76 Å². The summed E-state index contributed by atoms with van der Waals surface area (Å²) < 4.78 is 0. The van der Waals surface area contributed by atoms with E-state index in [1.165, 1.54) is 0 Å². The molecule has 1 aromatic rings. The van der Waals surface area contributed by atoms with Crippen molar-refractivity contribution in [2.45, 2.75) is 13.8 Å². The normalized spacial score (nSPS) is 15.9. The van der Waals surface area contributed by atoms with Crippen LogP contribution in [0.5, 0.6) is 0 Å². The molecule has 2 heterocycles. The first kappa shape index (κ1) is 10.5. The predicted molar refractivity (Wildman–Crippen MR) is 65.1 cm³/mol. The van der Waals surface area contributed by atoms with Crippen molar-refractivity contribution in [3.63, 3.8) is 0 Å². The summed E-state index contributed by atoms with van der Waals surface area (Å²) in [4.78, 5) is 6.06. The lowest BCUT2D eigenvalue weighted by Gasteiger charge is -2.29. The lowest BCUT2D eigenvalue weighted by molar-refractivity contribution is 0.429. The highest BCUT2D eigenvalue weighted by Gasteiger charge is 2.17. The van der Waals surface area contributed by atoms with Crippen molar-refractivity contribution in [2.75, 3.05) is 4.90 Å². The zero-order valence-corrected chi connectivity index (χ0v) is 9.44. The van der Waals surface area contributed by atoms with Gasteiger partial charge in [-0.05, 0) is 31.6 Å². The van der Waals surface area contributed by atoms with E-state index in [0.717, 1.165) is 22.6 Å². The number of nitrogens with zero attached hydrogens (tertiary/aromatic N) is 2. The SMILES string of the molecule is C=C1C=C(O)C=C(C)N1c1ccncc1C. The van der Waals surface area contributed by atoms with Crippen LogP contribution in [-0.2, 0) is 0 Å². The van der Waals surface area contributed by atoms with Crippen molar-refractivity contribution in [2.24, 2.45) is 0 Å². The van der Waals surface area contributed by atoms with E-state index in [4.69, 9.17) is 0 Å². The van der Waals surface area contributed by atoms with Gasteiger partial charge in [0.25, 0.3) is 0 Å². The Bertz CT molecular complexity index is 500. The second-order valence-corrected chi connectivity index (χ2v) is 3.84. The zero-order chi connectivity index (χ0) is 11.7. The molecule has 1 aliphatic heterocycles. The lowest BCUT2D eigenvalue weighted by atomic mass is 10.1. The molecule has 0 bridgehead atoms. The molecule has 0 aromatic carbocycles. The van der Waals surface area contributed by atoms with Gasteiger partial charge >= 0.3 is 0 Å². The maximum Gasteiger partial charge on any atom is 0.119 e. The smallest absolute Gasteiger partial charge is 0.119 e. The number of aliphatic hydroxyl groups excluding tert-OH is 1. The Morgan fingerprint density at radius 2 is 2.06 bits per heavy atom. The molecular weight excluding hydrogens is 200 g/mol. The van der Waals surface area contributed by atoms with Crippen LogP contribution in [0.1, 0.15) is 12.5 Å². The average Bonchev–Trinajstić information content (AvgIpc) is 2.19. The van der Waals surface area contributed by atoms with Crippen LogP contribution in [0.2, 0.25) is 0 Å². The van der Waals surface area contributed by atoms with E-state index in [9.17, 15) is 5.11 Å². The lowest BCUT2D eigenvalue weighted by Crippen LogP contribution is -2.22. The molecule has 82 valence electrons. The van der Waals surface area contributed by atoms with Gasteiger partial charge in [0, 0.05) is 29.9 Å². The molecule has 0 saturated heterocycles. The molecule has 0 amide bonds. The van der Waals surface area contributed by atoms with Crippen molar-refractivity contribution < 1.29 is 5.11 Å². The summed E-state index contributed by atoms with van der Waals surface area (Å²) in [7, 11) is 0. The Kier molecular flexibility index (Phi) is 2.52. The van der Waals surface area contributed by atoms with Crippen LogP contribution in [0.3, 0.4) is 0 Å². The highest BCUT2D eigenvalue weighted by atomic mass is 16.3. The number of aliphatic hydroxyl groups is 1. The van der Waals surface area contributed by atoms with Gasteiger partial charge in [-0.3, -0.25) is 4.98 Å². The van der Waals surface area contributed by atoms with E-state index in [2.05, 4.69) is 11.6 Å². The molecule has 0 unspecified atom stereocenters. The number of hydrogen-bond acceptors (Lipinski definition) is 3. The third-order valence-corrected chi connectivity index (χ3v) is 2.54. The molecule has 0 radical (unpaired) electrons. The van der Waals surface area contributed by atoms with Crippen LogP contribution in [-0.4, -0.2) is 10.1 Å². The van der Waals surface area contributed by atoms with E-state index in [0.29, 0.717) is 0 Å². The second-order valence-electron chi connectivity index (χ2n) is 3.84. The minimum absolute atomic E-state index is 0.241. The molecule has 2 rings (SSSR count). The fourth-order valence-corrected chi connectivity index (χ4v) is 1.84. The molecule has 3 heteroatoms. The third-order valence-electron chi connectivity index (χ3n) is 2.54. The first-order valence-electron chi connectivity index (χ1n) is 5.08.